The first-order chi connectivity index (χ1) is 14.2. The quantitative estimate of drug-likeness (QED) is 0.525. The first-order valence-corrected chi connectivity index (χ1v) is 9.53. The number of amides is 1. The van der Waals surface area contributed by atoms with Crippen molar-refractivity contribution in [1.29, 1.82) is 0 Å². The van der Waals surface area contributed by atoms with Gasteiger partial charge >= 0.3 is 0 Å². The molecule has 1 fully saturated rings. The van der Waals surface area contributed by atoms with Crippen LogP contribution in [0.25, 0.3) is 16.9 Å². The van der Waals surface area contributed by atoms with E-state index in [9.17, 15) is 9.59 Å². The van der Waals surface area contributed by atoms with Crippen molar-refractivity contribution in [2.24, 2.45) is 5.92 Å². The van der Waals surface area contributed by atoms with Gasteiger partial charge in [0.15, 0.2) is 11.4 Å². The van der Waals surface area contributed by atoms with Gasteiger partial charge in [0, 0.05) is 23.4 Å². The number of hydrogen-bond acceptors (Lipinski definition) is 5. The Morgan fingerprint density at radius 2 is 2.03 bits per heavy atom. The number of nitrogens with one attached hydrogen (secondary N) is 1. The Hall–Kier alpha value is -3.74. The molecule has 0 unspecified atom stereocenters. The Kier molecular flexibility index (Phi) is 4.20. The Morgan fingerprint density at radius 1 is 1.14 bits per heavy atom. The second-order valence-corrected chi connectivity index (χ2v) is 7.13. The predicted molar refractivity (Wildman–Crippen MR) is 107 cm³/mol. The number of benzene rings is 1. The summed E-state index contributed by atoms with van der Waals surface area (Å²) < 4.78 is 6.84. The SMILES string of the molecule is O=C(c1ccco1)c1cnn2c(-c3cccc(NC(=O)C4CCC4)c3)ccnc12. The summed E-state index contributed by atoms with van der Waals surface area (Å²) in [6, 6.07) is 12.7. The van der Waals surface area contributed by atoms with Gasteiger partial charge in [-0.3, -0.25) is 9.59 Å². The number of ketones is 1. The molecule has 5 rings (SSSR count). The van der Waals surface area contributed by atoms with Gasteiger partial charge in [-0.25, -0.2) is 9.50 Å². The molecule has 1 amide bonds. The standard InChI is InChI=1S/C22H18N4O3/c27-20(19-8-3-11-29-19)17-13-24-26-18(9-10-23-21(17)26)15-6-2-7-16(12-15)25-22(28)14-4-1-5-14/h2-3,6-14H,1,4-5H2,(H,25,28). The molecule has 1 saturated carbocycles. The highest BCUT2D eigenvalue weighted by atomic mass is 16.3. The largest absolute Gasteiger partial charge is 0.461 e. The van der Waals surface area contributed by atoms with Crippen molar-refractivity contribution in [1.82, 2.24) is 14.6 Å². The normalized spacial score (nSPS) is 13.9. The van der Waals surface area contributed by atoms with Gasteiger partial charge in [-0.05, 0) is 43.2 Å². The van der Waals surface area contributed by atoms with Gasteiger partial charge in [0.25, 0.3) is 0 Å². The van der Waals surface area contributed by atoms with E-state index in [1.165, 1.54) is 12.5 Å². The Bertz CT molecular complexity index is 1210. The average Bonchev–Trinajstić information content (AvgIpc) is 3.36. The summed E-state index contributed by atoms with van der Waals surface area (Å²) in [5.74, 6) is 0.162. The molecule has 4 aromatic rings. The summed E-state index contributed by atoms with van der Waals surface area (Å²) in [4.78, 5) is 29.3. The van der Waals surface area contributed by atoms with Crippen LogP contribution in [0.3, 0.4) is 0 Å². The molecule has 3 heterocycles. The summed E-state index contributed by atoms with van der Waals surface area (Å²) in [6.45, 7) is 0. The fraction of sp³-hybridized carbons (Fsp3) is 0.182. The summed E-state index contributed by atoms with van der Waals surface area (Å²) in [7, 11) is 0. The molecule has 0 aliphatic heterocycles. The molecule has 0 radical (unpaired) electrons. The molecule has 144 valence electrons. The minimum Gasteiger partial charge on any atom is -0.461 e. The summed E-state index contributed by atoms with van der Waals surface area (Å²) in [5.41, 5.74) is 3.20. The fourth-order valence-corrected chi connectivity index (χ4v) is 3.48. The fourth-order valence-electron chi connectivity index (χ4n) is 3.48. The van der Waals surface area contributed by atoms with Crippen LogP contribution in [0.4, 0.5) is 5.69 Å². The second-order valence-electron chi connectivity index (χ2n) is 7.13. The van der Waals surface area contributed by atoms with Crippen LogP contribution in [0.15, 0.2) is 65.5 Å². The summed E-state index contributed by atoms with van der Waals surface area (Å²) >= 11 is 0. The van der Waals surface area contributed by atoms with Crippen molar-refractivity contribution in [3.63, 3.8) is 0 Å². The lowest BCUT2D eigenvalue weighted by Crippen LogP contribution is -2.27. The minimum absolute atomic E-state index is 0.0682. The molecule has 7 nitrogen and oxygen atoms in total. The molecule has 1 N–H and O–H groups in total. The second kappa shape index (κ2) is 7.01. The van der Waals surface area contributed by atoms with Crippen molar-refractivity contribution in [3.8, 4) is 11.3 Å². The molecular formula is C22H18N4O3. The van der Waals surface area contributed by atoms with E-state index in [2.05, 4.69) is 15.4 Å². The molecule has 7 heteroatoms. The topological polar surface area (TPSA) is 89.5 Å². The van der Waals surface area contributed by atoms with Crippen molar-refractivity contribution < 1.29 is 14.0 Å². The van der Waals surface area contributed by atoms with Gasteiger partial charge in [-0.1, -0.05) is 18.6 Å². The zero-order chi connectivity index (χ0) is 19.8. The lowest BCUT2D eigenvalue weighted by Gasteiger charge is -2.24. The molecule has 3 aromatic heterocycles. The van der Waals surface area contributed by atoms with Gasteiger partial charge in [-0.2, -0.15) is 5.10 Å². The third kappa shape index (κ3) is 3.10. The molecular weight excluding hydrogens is 368 g/mol. The van der Waals surface area contributed by atoms with E-state index in [1.807, 2.05) is 30.3 Å². The van der Waals surface area contributed by atoms with Crippen LogP contribution in [-0.4, -0.2) is 26.3 Å². The van der Waals surface area contributed by atoms with E-state index in [-0.39, 0.29) is 23.4 Å². The number of anilines is 1. The summed E-state index contributed by atoms with van der Waals surface area (Å²) in [6.07, 6.45) is 7.63. The zero-order valence-electron chi connectivity index (χ0n) is 15.5. The van der Waals surface area contributed by atoms with Crippen LogP contribution in [0.5, 0.6) is 0 Å². The number of aromatic nitrogens is 3. The maximum Gasteiger partial charge on any atom is 0.233 e. The maximum absolute atomic E-state index is 12.7. The Morgan fingerprint density at radius 3 is 2.79 bits per heavy atom. The van der Waals surface area contributed by atoms with E-state index in [0.29, 0.717) is 11.2 Å². The van der Waals surface area contributed by atoms with Crippen LogP contribution in [0.1, 0.15) is 35.4 Å². The van der Waals surface area contributed by atoms with Crippen molar-refractivity contribution >= 4 is 23.0 Å². The molecule has 1 aliphatic carbocycles. The van der Waals surface area contributed by atoms with Crippen LogP contribution in [-0.2, 0) is 4.79 Å². The lowest BCUT2D eigenvalue weighted by molar-refractivity contribution is -0.122. The van der Waals surface area contributed by atoms with Gasteiger partial charge in [0.05, 0.1) is 23.7 Å². The first kappa shape index (κ1) is 17.4. The van der Waals surface area contributed by atoms with E-state index < -0.39 is 0 Å². The van der Waals surface area contributed by atoms with E-state index in [0.717, 1.165) is 36.2 Å². The molecule has 1 aromatic carbocycles. The number of nitrogens with zero attached hydrogens (tertiary/aromatic N) is 3. The van der Waals surface area contributed by atoms with Gasteiger partial charge in [0.2, 0.25) is 11.7 Å². The number of carbonyl (C=O) groups is 2. The molecule has 0 spiro atoms. The third-order valence-corrected chi connectivity index (χ3v) is 5.29. The third-order valence-electron chi connectivity index (χ3n) is 5.29. The van der Waals surface area contributed by atoms with Gasteiger partial charge in [0.1, 0.15) is 0 Å². The lowest BCUT2D eigenvalue weighted by atomic mass is 9.85. The maximum atomic E-state index is 12.7. The number of rotatable bonds is 5. The van der Waals surface area contributed by atoms with Crippen molar-refractivity contribution in [3.05, 3.63) is 72.4 Å². The molecule has 0 bridgehead atoms. The monoisotopic (exact) mass is 386 g/mol. The Labute approximate surface area is 166 Å². The molecule has 0 saturated heterocycles. The van der Waals surface area contributed by atoms with Crippen molar-refractivity contribution in [2.45, 2.75) is 19.3 Å². The van der Waals surface area contributed by atoms with E-state index in [1.54, 1.807) is 22.8 Å². The van der Waals surface area contributed by atoms with E-state index >= 15 is 0 Å². The van der Waals surface area contributed by atoms with Gasteiger partial charge < -0.3 is 9.73 Å². The number of carbonyl (C=O) groups excluding carboxylic acids is 2. The van der Waals surface area contributed by atoms with Crippen LogP contribution in [0, 0.1) is 5.92 Å². The number of furan rings is 1. The van der Waals surface area contributed by atoms with Crippen LogP contribution in [0.2, 0.25) is 0 Å². The number of fused-ring (bicyclic) bond motifs is 1. The van der Waals surface area contributed by atoms with Crippen molar-refractivity contribution in [2.75, 3.05) is 5.32 Å². The molecule has 0 atom stereocenters. The van der Waals surface area contributed by atoms with Crippen LogP contribution < -0.4 is 5.32 Å². The highest BCUT2D eigenvalue weighted by Gasteiger charge is 2.25. The molecule has 1 aliphatic rings. The van der Waals surface area contributed by atoms with Gasteiger partial charge in [-0.15, -0.1) is 0 Å². The molecule has 29 heavy (non-hydrogen) atoms. The minimum atomic E-state index is -0.267. The average molecular weight is 386 g/mol. The smallest absolute Gasteiger partial charge is 0.233 e. The highest BCUT2D eigenvalue weighted by molar-refractivity contribution is 6.10. The summed E-state index contributed by atoms with van der Waals surface area (Å²) in [5, 5.41) is 7.36. The Balaban J connectivity index is 1.50. The zero-order valence-corrected chi connectivity index (χ0v) is 15.5. The predicted octanol–water partition coefficient (Wildman–Crippen LogP) is 3.96. The highest BCUT2D eigenvalue weighted by Crippen LogP contribution is 2.29. The van der Waals surface area contributed by atoms with E-state index in [4.69, 9.17) is 4.42 Å². The number of hydrogen-bond donors (Lipinski definition) is 1. The first-order valence-electron chi connectivity index (χ1n) is 9.53. The van der Waals surface area contributed by atoms with Crippen LogP contribution >= 0.6 is 0 Å².